The fourth-order valence-electron chi connectivity index (χ4n) is 1.12. The minimum absolute atomic E-state index is 0.583. The maximum absolute atomic E-state index is 12.8. The Kier molecular flexibility index (Phi) is 2.67. The highest BCUT2D eigenvalue weighted by molar-refractivity contribution is 5.37. The van der Waals surface area contributed by atoms with Gasteiger partial charge in [-0.3, -0.25) is 0 Å². The Hall–Kier alpha value is -1.26. The summed E-state index contributed by atoms with van der Waals surface area (Å²) in [6.45, 7) is 1.17. The van der Waals surface area contributed by atoms with Gasteiger partial charge in [-0.05, 0) is 18.2 Å². The fraction of sp³-hybridized carbons (Fsp3) is 0.400. The van der Waals surface area contributed by atoms with Crippen LogP contribution >= 0.6 is 0 Å². The first-order chi connectivity index (χ1) is 6.60. The van der Waals surface area contributed by atoms with Gasteiger partial charge in [0.1, 0.15) is 5.75 Å². The van der Waals surface area contributed by atoms with E-state index >= 15 is 0 Å². The van der Waals surface area contributed by atoms with E-state index in [0.29, 0.717) is 19.9 Å². The summed E-state index contributed by atoms with van der Waals surface area (Å²) in [7, 11) is 0. The topological polar surface area (TPSA) is 20.2 Å². The molecule has 0 atom stereocenters. The standard InChI is InChI=1S/C10H10F4O/c1-9(11,12)6-3-7(10(2,13)14)5-8(15)4-6/h3-5,15H,1-2H3. The average Bonchev–Trinajstić information content (AvgIpc) is 1.99. The molecule has 0 amide bonds. The number of phenols is 1. The number of aromatic hydroxyl groups is 1. The Bertz CT molecular complexity index is 330. The van der Waals surface area contributed by atoms with Gasteiger partial charge in [0.05, 0.1) is 0 Å². The van der Waals surface area contributed by atoms with Gasteiger partial charge in [0, 0.05) is 25.0 Å². The van der Waals surface area contributed by atoms with Gasteiger partial charge in [0.25, 0.3) is 11.8 Å². The lowest BCUT2D eigenvalue weighted by Crippen LogP contribution is -2.12. The molecule has 0 saturated carbocycles. The van der Waals surface area contributed by atoms with Crippen molar-refractivity contribution >= 4 is 0 Å². The largest absolute Gasteiger partial charge is 0.508 e. The number of benzene rings is 1. The molecule has 0 aliphatic carbocycles. The van der Waals surface area contributed by atoms with Crippen molar-refractivity contribution in [1.82, 2.24) is 0 Å². The molecule has 0 heterocycles. The zero-order valence-electron chi connectivity index (χ0n) is 8.19. The summed E-state index contributed by atoms with van der Waals surface area (Å²) in [6.07, 6.45) is 0. The smallest absolute Gasteiger partial charge is 0.270 e. The lowest BCUT2D eigenvalue weighted by Gasteiger charge is -2.16. The third kappa shape index (κ3) is 2.84. The molecule has 0 radical (unpaired) electrons. The molecule has 0 aliphatic heterocycles. The Balaban J connectivity index is 3.30. The summed E-state index contributed by atoms with van der Waals surface area (Å²) in [5, 5.41) is 9.05. The molecule has 1 N–H and O–H groups in total. The summed E-state index contributed by atoms with van der Waals surface area (Å²) in [5.74, 6) is -7.09. The molecule has 0 bridgehead atoms. The first kappa shape index (κ1) is 11.8. The van der Waals surface area contributed by atoms with Gasteiger partial charge in [-0.25, -0.2) is 17.6 Å². The van der Waals surface area contributed by atoms with Crippen LogP contribution in [0.25, 0.3) is 0 Å². The Labute approximate surface area is 84.3 Å². The predicted octanol–water partition coefficient (Wildman–Crippen LogP) is 3.62. The van der Waals surface area contributed by atoms with E-state index in [-0.39, 0.29) is 0 Å². The minimum atomic E-state index is -3.25. The summed E-state index contributed by atoms with van der Waals surface area (Å²) in [4.78, 5) is 0. The molecule has 5 heteroatoms. The molecule has 0 aromatic heterocycles. The summed E-state index contributed by atoms with van der Waals surface area (Å²) >= 11 is 0. The molecular formula is C10H10F4O. The summed E-state index contributed by atoms with van der Waals surface area (Å²) in [5.41, 5.74) is -1.25. The summed E-state index contributed by atoms with van der Waals surface area (Å²) in [6, 6.07) is 2.24. The molecule has 0 unspecified atom stereocenters. The molecule has 1 nitrogen and oxygen atoms in total. The third-order valence-corrected chi connectivity index (χ3v) is 1.93. The van der Waals surface area contributed by atoms with Gasteiger partial charge in [-0.15, -0.1) is 0 Å². The van der Waals surface area contributed by atoms with Crippen LogP contribution in [0, 0.1) is 0 Å². The Morgan fingerprint density at radius 2 is 1.20 bits per heavy atom. The molecule has 84 valence electrons. The Morgan fingerprint density at radius 3 is 1.47 bits per heavy atom. The zero-order chi connectivity index (χ0) is 11.9. The molecule has 1 rings (SSSR count). The molecule has 0 saturated heterocycles. The van der Waals surface area contributed by atoms with Crippen LogP contribution < -0.4 is 0 Å². The third-order valence-electron chi connectivity index (χ3n) is 1.93. The molecular weight excluding hydrogens is 212 g/mol. The van der Waals surface area contributed by atoms with Crippen LogP contribution in [-0.4, -0.2) is 5.11 Å². The van der Waals surface area contributed by atoms with Crippen LogP contribution in [0.2, 0.25) is 0 Å². The van der Waals surface area contributed by atoms with E-state index in [2.05, 4.69) is 0 Å². The first-order valence-electron chi connectivity index (χ1n) is 4.21. The van der Waals surface area contributed by atoms with Crippen LogP contribution in [0.15, 0.2) is 18.2 Å². The van der Waals surface area contributed by atoms with Gasteiger partial charge < -0.3 is 5.11 Å². The van der Waals surface area contributed by atoms with Crippen molar-refractivity contribution in [2.24, 2.45) is 0 Å². The number of hydrogen-bond acceptors (Lipinski definition) is 1. The van der Waals surface area contributed by atoms with Crippen LogP contribution in [0.4, 0.5) is 17.6 Å². The van der Waals surface area contributed by atoms with E-state index < -0.39 is 28.7 Å². The summed E-state index contributed by atoms with van der Waals surface area (Å²) < 4.78 is 51.4. The molecule has 0 spiro atoms. The van der Waals surface area contributed by atoms with Crippen molar-refractivity contribution in [3.63, 3.8) is 0 Å². The average molecular weight is 222 g/mol. The van der Waals surface area contributed by atoms with E-state index in [0.717, 1.165) is 12.1 Å². The number of alkyl halides is 4. The normalized spacial score (nSPS) is 12.9. The quantitative estimate of drug-likeness (QED) is 0.758. The fourth-order valence-corrected chi connectivity index (χ4v) is 1.12. The lowest BCUT2D eigenvalue weighted by molar-refractivity contribution is 0.0101. The predicted molar refractivity (Wildman–Crippen MR) is 47.2 cm³/mol. The van der Waals surface area contributed by atoms with E-state index in [1.165, 1.54) is 0 Å². The molecule has 0 aliphatic rings. The van der Waals surface area contributed by atoms with E-state index in [1.54, 1.807) is 0 Å². The molecule has 15 heavy (non-hydrogen) atoms. The second kappa shape index (κ2) is 3.40. The van der Waals surface area contributed by atoms with E-state index in [9.17, 15) is 17.6 Å². The van der Waals surface area contributed by atoms with E-state index in [4.69, 9.17) is 5.11 Å². The first-order valence-corrected chi connectivity index (χ1v) is 4.21. The Morgan fingerprint density at radius 1 is 0.867 bits per heavy atom. The van der Waals surface area contributed by atoms with E-state index in [1.807, 2.05) is 0 Å². The SMILES string of the molecule is CC(F)(F)c1cc(O)cc(C(C)(F)F)c1. The lowest BCUT2D eigenvalue weighted by atomic mass is 10.0. The van der Waals surface area contributed by atoms with Gasteiger partial charge in [0.2, 0.25) is 0 Å². The van der Waals surface area contributed by atoms with Gasteiger partial charge in [-0.2, -0.15) is 0 Å². The van der Waals surface area contributed by atoms with Crippen molar-refractivity contribution < 1.29 is 22.7 Å². The van der Waals surface area contributed by atoms with Gasteiger partial charge in [-0.1, -0.05) is 0 Å². The highest BCUT2D eigenvalue weighted by atomic mass is 19.3. The van der Waals surface area contributed by atoms with Crippen molar-refractivity contribution in [3.8, 4) is 5.75 Å². The van der Waals surface area contributed by atoms with Crippen molar-refractivity contribution in [2.75, 3.05) is 0 Å². The molecule has 1 aromatic rings. The maximum Gasteiger partial charge on any atom is 0.270 e. The highest BCUT2D eigenvalue weighted by Crippen LogP contribution is 2.35. The van der Waals surface area contributed by atoms with Crippen LogP contribution in [-0.2, 0) is 11.8 Å². The monoisotopic (exact) mass is 222 g/mol. The zero-order valence-corrected chi connectivity index (χ0v) is 8.19. The number of rotatable bonds is 2. The van der Waals surface area contributed by atoms with Crippen molar-refractivity contribution in [3.05, 3.63) is 29.3 Å². The highest BCUT2D eigenvalue weighted by Gasteiger charge is 2.30. The number of halogens is 4. The van der Waals surface area contributed by atoms with Crippen molar-refractivity contribution in [2.45, 2.75) is 25.7 Å². The number of hydrogen-bond donors (Lipinski definition) is 1. The van der Waals surface area contributed by atoms with Gasteiger partial charge >= 0.3 is 0 Å². The minimum Gasteiger partial charge on any atom is -0.508 e. The maximum atomic E-state index is 12.8. The number of phenolic OH excluding ortho intramolecular Hbond substituents is 1. The van der Waals surface area contributed by atoms with Crippen LogP contribution in [0.3, 0.4) is 0 Å². The second-order valence-corrected chi connectivity index (χ2v) is 3.55. The van der Waals surface area contributed by atoms with Crippen molar-refractivity contribution in [1.29, 1.82) is 0 Å². The van der Waals surface area contributed by atoms with Crippen LogP contribution in [0.5, 0.6) is 5.75 Å². The second-order valence-electron chi connectivity index (χ2n) is 3.55. The molecule has 1 aromatic carbocycles. The van der Waals surface area contributed by atoms with Gasteiger partial charge in [0.15, 0.2) is 0 Å². The molecule has 0 fully saturated rings. The van der Waals surface area contributed by atoms with Crippen LogP contribution in [0.1, 0.15) is 25.0 Å².